The summed E-state index contributed by atoms with van der Waals surface area (Å²) in [6.45, 7) is 1.18. The van der Waals surface area contributed by atoms with Gasteiger partial charge in [0, 0.05) is 6.26 Å². The number of carbonyl (C=O) groups is 1. The number of hydrogen-bond acceptors (Lipinski definition) is 5. The molecule has 2 aliphatic rings. The Morgan fingerprint density at radius 3 is 2.77 bits per heavy atom. The van der Waals surface area contributed by atoms with Gasteiger partial charge in [-0.3, -0.25) is 4.79 Å². The molecule has 26 heavy (non-hydrogen) atoms. The largest absolute Gasteiger partial charge is 0.490 e. The van der Waals surface area contributed by atoms with Crippen LogP contribution in [0.4, 0.5) is 5.69 Å². The minimum atomic E-state index is -3.38. The van der Waals surface area contributed by atoms with Crippen molar-refractivity contribution in [2.75, 3.05) is 30.9 Å². The summed E-state index contributed by atoms with van der Waals surface area (Å²) in [4.78, 5) is 15.0. The number of nitrogens with zero attached hydrogens (tertiary/aromatic N) is 1. The van der Waals surface area contributed by atoms with Crippen LogP contribution in [0.25, 0.3) is 0 Å². The van der Waals surface area contributed by atoms with E-state index in [0.717, 1.165) is 23.8 Å². The monoisotopic (exact) mass is 373 g/mol. The third kappa shape index (κ3) is 2.97. The second-order valence-corrected chi connectivity index (χ2v) is 8.46. The Morgan fingerprint density at radius 1 is 1.15 bits per heavy atom. The van der Waals surface area contributed by atoms with Crippen LogP contribution >= 0.6 is 0 Å². The lowest BCUT2D eigenvalue weighted by Gasteiger charge is -2.34. The molecule has 136 valence electrons. The number of hydrogen-bond donors (Lipinski definition) is 0. The molecule has 0 radical (unpaired) electrons. The zero-order chi connectivity index (χ0) is 18.3. The van der Waals surface area contributed by atoms with Crippen LogP contribution in [-0.4, -0.2) is 40.3 Å². The zero-order valence-corrected chi connectivity index (χ0v) is 15.2. The molecule has 0 saturated carbocycles. The van der Waals surface area contributed by atoms with Crippen molar-refractivity contribution in [3.8, 4) is 5.75 Å². The summed E-state index contributed by atoms with van der Waals surface area (Å²) >= 11 is 0. The number of ether oxygens (including phenoxy) is 2. The van der Waals surface area contributed by atoms with Crippen molar-refractivity contribution in [1.82, 2.24) is 0 Å². The lowest BCUT2D eigenvalue weighted by molar-refractivity contribution is -0.131. The minimum absolute atomic E-state index is 0.157. The highest BCUT2D eigenvalue weighted by molar-refractivity contribution is 7.90. The van der Waals surface area contributed by atoms with Crippen LogP contribution in [0.15, 0.2) is 47.4 Å². The summed E-state index contributed by atoms with van der Waals surface area (Å²) in [5, 5.41) is 0. The molecule has 6 nitrogen and oxygen atoms in total. The van der Waals surface area contributed by atoms with Gasteiger partial charge in [-0.2, -0.15) is 0 Å². The maximum absolute atomic E-state index is 13.2. The smallest absolute Gasteiger partial charge is 0.260 e. The first-order valence-electron chi connectivity index (χ1n) is 8.43. The first-order valence-corrected chi connectivity index (χ1v) is 10.3. The van der Waals surface area contributed by atoms with Crippen LogP contribution in [-0.2, 0) is 25.8 Å². The molecule has 0 aromatic heterocycles. The van der Waals surface area contributed by atoms with Gasteiger partial charge in [0.2, 0.25) is 0 Å². The second-order valence-electron chi connectivity index (χ2n) is 6.44. The molecule has 0 fully saturated rings. The number of rotatable bonds is 2. The molecular weight excluding hydrogens is 354 g/mol. The Hall–Kier alpha value is -2.38. The van der Waals surface area contributed by atoms with E-state index in [-0.39, 0.29) is 10.8 Å². The Kier molecular flexibility index (Phi) is 4.20. The van der Waals surface area contributed by atoms with Crippen molar-refractivity contribution in [2.24, 2.45) is 0 Å². The number of anilines is 1. The van der Waals surface area contributed by atoms with Gasteiger partial charge in [-0.1, -0.05) is 24.3 Å². The fourth-order valence-electron chi connectivity index (χ4n) is 3.40. The number of benzene rings is 2. The van der Waals surface area contributed by atoms with Gasteiger partial charge in [0.1, 0.15) is 12.4 Å². The van der Waals surface area contributed by atoms with Crippen LogP contribution in [0.2, 0.25) is 0 Å². The van der Waals surface area contributed by atoms with Crippen LogP contribution < -0.4 is 9.64 Å². The Labute approximate surface area is 152 Å². The SMILES string of the molecule is CS(=O)(=O)c1ccc2c(c1)N(C(=O)C1OCCc3ccccc31)CCO2. The summed E-state index contributed by atoms with van der Waals surface area (Å²) in [6, 6.07) is 12.3. The lowest BCUT2D eigenvalue weighted by Crippen LogP contribution is -2.42. The van der Waals surface area contributed by atoms with Crippen LogP contribution in [0.5, 0.6) is 5.75 Å². The quantitative estimate of drug-likeness (QED) is 0.806. The predicted molar refractivity (Wildman–Crippen MR) is 96.2 cm³/mol. The molecule has 0 saturated heterocycles. The number of carbonyl (C=O) groups excluding carboxylic acids is 1. The van der Waals surface area contributed by atoms with Gasteiger partial charge < -0.3 is 14.4 Å². The number of amides is 1. The summed E-state index contributed by atoms with van der Waals surface area (Å²) in [6.07, 6.45) is 1.23. The normalized spacial score (nSPS) is 19.3. The highest BCUT2D eigenvalue weighted by Crippen LogP contribution is 2.37. The molecule has 4 rings (SSSR count). The highest BCUT2D eigenvalue weighted by atomic mass is 32.2. The molecule has 2 aromatic carbocycles. The average molecular weight is 373 g/mol. The Bertz CT molecular complexity index is 970. The van der Waals surface area contributed by atoms with Crippen molar-refractivity contribution in [1.29, 1.82) is 0 Å². The van der Waals surface area contributed by atoms with Crippen molar-refractivity contribution in [3.63, 3.8) is 0 Å². The van der Waals surface area contributed by atoms with Gasteiger partial charge in [-0.25, -0.2) is 8.42 Å². The first kappa shape index (κ1) is 17.1. The molecule has 1 atom stereocenters. The summed E-state index contributed by atoms with van der Waals surface area (Å²) in [5.41, 5.74) is 2.45. The van der Waals surface area contributed by atoms with E-state index in [9.17, 15) is 13.2 Å². The summed E-state index contributed by atoms with van der Waals surface area (Å²) in [7, 11) is -3.38. The van der Waals surface area contributed by atoms with Crippen molar-refractivity contribution in [3.05, 3.63) is 53.6 Å². The number of fused-ring (bicyclic) bond motifs is 2. The first-order chi connectivity index (χ1) is 12.4. The minimum Gasteiger partial charge on any atom is -0.490 e. The maximum atomic E-state index is 13.2. The molecule has 0 N–H and O–H groups in total. The molecule has 0 aliphatic carbocycles. The van der Waals surface area contributed by atoms with E-state index >= 15 is 0 Å². The lowest BCUT2D eigenvalue weighted by atomic mass is 9.96. The van der Waals surface area contributed by atoms with Crippen LogP contribution in [0.3, 0.4) is 0 Å². The van der Waals surface area contributed by atoms with Crippen LogP contribution in [0.1, 0.15) is 17.2 Å². The van der Waals surface area contributed by atoms with Gasteiger partial charge in [-0.05, 0) is 35.7 Å². The van der Waals surface area contributed by atoms with E-state index in [1.54, 1.807) is 11.0 Å². The van der Waals surface area contributed by atoms with E-state index in [1.165, 1.54) is 12.1 Å². The molecule has 1 amide bonds. The molecule has 2 heterocycles. The fraction of sp³-hybridized carbons (Fsp3) is 0.316. The van der Waals surface area contributed by atoms with E-state index < -0.39 is 15.9 Å². The predicted octanol–water partition coefficient (Wildman–Crippen LogP) is 2.13. The molecular formula is C19H19NO5S. The van der Waals surface area contributed by atoms with Crippen molar-refractivity contribution < 1.29 is 22.7 Å². The Morgan fingerprint density at radius 2 is 1.96 bits per heavy atom. The molecule has 2 aliphatic heterocycles. The standard InChI is InChI=1S/C19H19NO5S/c1-26(22,23)14-6-7-17-16(12-14)20(9-11-24-17)19(21)18-15-5-3-2-4-13(15)8-10-25-18/h2-7,12,18H,8-11H2,1H3. The van der Waals surface area contributed by atoms with Gasteiger partial charge in [-0.15, -0.1) is 0 Å². The van der Waals surface area contributed by atoms with E-state index in [0.29, 0.717) is 31.2 Å². The van der Waals surface area contributed by atoms with Crippen LogP contribution in [0, 0.1) is 0 Å². The molecule has 7 heteroatoms. The number of sulfone groups is 1. The van der Waals surface area contributed by atoms with E-state index in [4.69, 9.17) is 9.47 Å². The molecule has 0 bridgehead atoms. The van der Waals surface area contributed by atoms with E-state index in [1.807, 2.05) is 24.3 Å². The topological polar surface area (TPSA) is 72.9 Å². The summed E-state index contributed by atoms with van der Waals surface area (Å²) < 4.78 is 35.2. The van der Waals surface area contributed by atoms with Gasteiger partial charge in [0.15, 0.2) is 15.9 Å². The highest BCUT2D eigenvalue weighted by Gasteiger charge is 2.34. The average Bonchev–Trinajstić information content (AvgIpc) is 2.65. The second kappa shape index (κ2) is 6.41. The van der Waals surface area contributed by atoms with Gasteiger partial charge in [0.05, 0.1) is 23.7 Å². The summed E-state index contributed by atoms with van der Waals surface area (Å²) in [5.74, 6) is 0.299. The third-order valence-electron chi connectivity index (χ3n) is 4.71. The molecule has 1 unspecified atom stereocenters. The van der Waals surface area contributed by atoms with Crippen molar-refractivity contribution in [2.45, 2.75) is 17.4 Å². The fourth-order valence-corrected chi connectivity index (χ4v) is 4.04. The van der Waals surface area contributed by atoms with E-state index in [2.05, 4.69) is 0 Å². The maximum Gasteiger partial charge on any atom is 0.260 e. The third-order valence-corrected chi connectivity index (χ3v) is 5.82. The molecule has 2 aromatic rings. The molecule has 0 spiro atoms. The van der Waals surface area contributed by atoms with Crippen molar-refractivity contribution >= 4 is 21.4 Å². The van der Waals surface area contributed by atoms with Gasteiger partial charge in [0.25, 0.3) is 5.91 Å². The van der Waals surface area contributed by atoms with Gasteiger partial charge >= 0.3 is 0 Å². The zero-order valence-electron chi connectivity index (χ0n) is 14.3. The Balaban J connectivity index is 1.73.